The number of phenolic OH excluding ortho intramolecular Hbond substituents is 1. The largest absolute Gasteiger partial charge is 0.508 e. The Morgan fingerprint density at radius 2 is 2.20 bits per heavy atom. The molecule has 1 aromatic carbocycles. The topological polar surface area (TPSA) is 32.3 Å². The van der Waals surface area contributed by atoms with Crippen molar-refractivity contribution in [2.24, 2.45) is 0 Å². The number of aromatic hydroxyl groups is 1. The van der Waals surface area contributed by atoms with Crippen LogP contribution in [0.1, 0.15) is 24.1 Å². The van der Waals surface area contributed by atoms with Crippen molar-refractivity contribution in [1.82, 2.24) is 5.32 Å². The van der Waals surface area contributed by atoms with E-state index in [4.69, 9.17) is 0 Å². The molecule has 0 radical (unpaired) electrons. The Hall–Kier alpha value is -0.670. The van der Waals surface area contributed by atoms with Crippen molar-refractivity contribution < 1.29 is 5.11 Å². The number of hydrogen-bond acceptors (Lipinski definition) is 3. The van der Waals surface area contributed by atoms with Crippen molar-refractivity contribution in [2.45, 2.75) is 19.9 Å². The van der Waals surface area contributed by atoms with Crippen LogP contribution >= 0.6 is 11.8 Å². The maximum absolute atomic E-state index is 9.77. The second-order valence-electron chi connectivity index (χ2n) is 3.73. The van der Waals surface area contributed by atoms with Crippen LogP contribution in [0.25, 0.3) is 0 Å². The monoisotopic (exact) mass is 225 g/mol. The van der Waals surface area contributed by atoms with E-state index in [1.54, 1.807) is 0 Å². The Balaban J connectivity index is 2.61. The molecule has 2 nitrogen and oxygen atoms in total. The van der Waals surface area contributed by atoms with E-state index in [2.05, 4.69) is 18.5 Å². The van der Waals surface area contributed by atoms with E-state index in [0.717, 1.165) is 23.4 Å². The third-order valence-electron chi connectivity index (χ3n) is 2.41. The first-order valence-corrected chi connectivity index (χ1v) is 6.56. The van der Waals surface area contributed by atoms with Gasteiger partial charge in [-0.3, -0.25) is 0 Å². The number of aryl methyl sites for hydroxylation is 1. The number of phenols is 1. The highest BCUT2D eigenvalue weighted by Gasteiger charge is 2.08. The molecule has 0 amide bonds. The minimum absolute atomic E-state index is 0.206. The van der Waals surface area contributed by atoms with Crippen molar-refractivity contribution in [1.29, 1.82) is 0 Å². The Morgan fingerprint density at radius 3 is 2.80 bits per heavy atom. The summed E-state index contributed by atoms with van der Waals surface area (Å²) in [4.78, 5) is 0. The van der Waals surface area contributed by atoms with Gasteiger partial charge in [0.15, 0.2) is 0 Å². The quantitative estimate of drug-likeness (QED) is 0.756. The number of thioether (sulfide) groups is 1. The predicted octanol–water partition coefficient (Wildman–Crippen LogP) is 2.71. The summed E-state index contributed by atoms with van der Waals surface area (Å²) in [6, 6.07) is 6.03. The van der Waals surface area contributed by atoms with Crippen LogP contribution in [0.15, 0.2) is 18.2 Å². The van der Waals surface area contributed by atoms with Crippen molar-refractivity contribution >= 4 is 11.8 Å². The second kappa shape index (κ2) is 6.03. The summed E-state index contributed by atoms with van der Waals surface area (Å²) in [5.41, 5.74) is 2.06. The summed E-state index contributed by atoms with van der Waals surface area (Å²) in [5.74, 6) is 1.48. The maximum Gasteiger partial charge on any atom is 0.120 e. The molecule has 0 heterocycles. The standard InChI is InChI=1S/C12H19NOS/c1-9-4-5-11(12(14)8-9)10(2)13-6-7-15-3/h4-5,8,10,13-14H,6-7H2,1-3H3. The molecule has 84 valence electrons. The van der Waals surface area contributed by atoms with E-state index in [1.165, 1.54) is 0 Å². The molecule has 15 heavy (non-hydrogen) atoms. The van der Waals surface area contributed by atoms with Crippen LogP contribution in [0.4, 0.5) is 0 Å². The molecule has 1 atom stereocenters. The van der Waals surface area contributed by atoms with Crippen LogP contribution < -0.4 is 5.32 Å². The van der Waals surface area contributed by atoms with Crippen LogP contribution in [-0.2, 0) is 0 Å². The Morgan fingerprint density at radius 1 is 1.47 bits per heavy atom. The highest BCUT2D eigenvalue weighted by molar-refractivity contribution is 7.98. The summed E-state index contributed by atoms with van der Waals surface area (Å²) >= 11 is 1.82. The Kier molecular flexibility index (Phi) is 4.99. The van der Waals surface area contributed by atoms with Crippen LogP contribution in [0.3, 0.4) is 0 Å². The van der Waals surface area contributed by atoms with E-state index in [0.29, 0.717) is 5.75 Å². The lowest BCUT2D eigenvalue weighted by Crippen LogP contribution is -2.21. The first kappa shape index (κ1) is 12.4. The van der Waals surface area contributed by atoms with Gasteiger partial charge in [0, 0.05) is 23.9 Å². The molecule has 1 aromatic rings. The molecule has 0 spiro atoms. The van der Waals surface area contributed by atoms with E-state index in [9.17, 15) is 5.11 Å². The van der Waals surface area contributed by atoms with E-state index < -0.39 is 0 Å². The van der Waals surface area contributed by atoms with Crippen molar-refractivity contribution in [3.63, 3.8) is 0 Å². The molecule has 1 rings (SSSR count). The molecule has 0 aliphatic heterocycles. The average molecular weight is 225 g/mol. The van der Waals surface area contributed by atoms with Gasteiger partial charge in [-0.1, -0.05) is 12.1 Å². The van der Waals surface area contributed by atoms with Gasteiger partial charge in [0.1, 0.15) is 5.75 Å². The van der Waals surface area contributed by atoms with E-state index in [-0.39, 0.29) is 6.04 Å². The van der Waals surface area contributed by atoms with Gasteiger partial charge >= 0.3 is 0 Å². The molecule has 0 fully saturated rings. The molecule has 0 aliphatic rings. The van der Waals surface area contributed by atoms with Gasteiger partial charge in [-0.15, -0.1) is 0 Å². The fourth-order valence-electron chi connectivity index (χ4n) is 1.51. The van der Waals surface area contributed by atoms with E-state index in [1.807, 2.05) is 36.9 Å². The Bertz CT molecular complexity index is 314. The number of nitrogens with one attached hydrogen (secondary N) is 1. The molecular weight excluding hydrogens is 206 g/mol. The molecule has 3 heteroatoms. The zero-order valence-corrected chi connectivity index (χ0v) is 10.4. The summed E-state index contributed by atoms with van der Waals surface area (Å²) in [7, 11) is 0. The lowest BCUT2D eigenvalue weighted by atomic mass is 10.1. The smallest absolute Gasteiger partial charge is 0.120 e. The number of rotatable bonds is 5. The molecule has 0 aromatic heterocycles. The third-order valence-corrected chi connectivity index (χ3v) is 3.02. The summed E-state index contributed by atoms with van der Waals surface area (Å²) in [5, 5.41) is 13.2. The lowest BCUT2D eigenvalue weighted by Gasteiger charge is -2.15. The molecule has 0 aliphatic carbocycles. The SMILES string of the molecule is CSCCNC(C)c1ccc(C)cc1O. The van der Waals surface area contributed by atoms with Crippen LogP contribution in [-0.4, -0.2) is 23.7 Å². The zero-order valence-electron chi connectivity index (χ0n) is 9.58. The molecule has 0 saturated heterocycles. The van der Waals surface area contributed by atoms with Crippen LogP contribution in [0.5, 0.6) is 5.75 Å². The van der Waals surface area contributed by atoms with Gasteiger partial charge in [-0.05, 0) is 31.7 Å². The molecule has 2 N–H and O–H groups in total. The maximum atomic E-state index is 9.77. The molecule has 0 saturated carbocycles. The van der Waals surface area contributed by atoms with Crippen LogP contribution in [0, 0.1) is 6.92 Å². The van der Waals surface area contributed by atoms with Crippen molar-refractivity contribution in [3.8, 4) is 5.75 Å². The summed E-state index contributed by atoms with van der Waals surface area (Å²) in [6.07, 6.45) is 2.09. The van der Waals surface area contributed by atoms with Gasteiger partial charge in [0.05, 0.1) is 0 Å². The Labute approximate surface area is 96.1 Å². The molecular formula is C12H19NOS. The van der Waals surface area contributed by atoms with Crippen LogP contribution in [0.2, 0.25) is 0 Å². The minimum Gasteiger partial charge on any atom is -0.508 e. The number of benzene rings is 1. The second-order valence-corrected chi connectivity index (χ2v) is 4.72. The highest BCUT2D eigenvalue weighted by Crippen LogP contribution is 2.24. The third kappa shape index (κ3) is 3.76. The fourth-order valence-corrected chi connectivity index (χ4v) is 1.83. The van der Waals surface area contributed by atoms with Gasteiger partial charge in [0.25, 0.3) is 0 Å². The molecule has 1 unspecified atom stereocenters. The van der Waals surface area contributed by atoms with E-state index >= 15 is 0 Å². The normalized spacial score (nSPS) is 12.7. The van der Waals surface area contributed by atoms with Crippen molar-refractivity contribution in [2.75, 3.05) is 18.6 Å². The van der Waals surface area contributed by atoms with Gasteiger partial charge in [-0.25, -0.2) is 0 Å². The van der Waals surface area contributed by atoms with Gasteiger partial charge in [0.2, 0.25) is 0 Å². The average Bonchev–Trinajstić information content (AvgIpc) is 2.17. The summed E-state index contributed by atoms with van der Waals surface area (Å²) < 4.78 is 0. The van der Waals surface area contributed by atoms with Gasteiger partial charge in [-0.2, -0.15) is 11.8 Å². The first-order chi connectivity index (χ1) is 7.15. The lowest BCUT2D eigenvalue weighted by molar-refractivity contribution is 0.454. The minimum atomic E-state index is 0.206. The fraction of sp³-hybridized carbons (Fsp3) is 0.500. The first-order valence-electron chi connectivity index (χ1n) is 5.17. The summed E-state index contributed by atoms with van der Waals surface area (Å²) in [6.45, 7) is 5.02. The zero-order chi connectivity index (χ0) is 11.3. The molecule has 0 bridgehead atoms. The number of hydrogen-bond donors (Lipinski definition) is 2. The van der Waals surface area contributed by atoms with Crippen molar-refractivity contribution in [3.05, 3.63) is 29.3 Å². The highest BCUT2D eigenvalue weighted by atomic mass is 32.2. The predicted molar refractivity (Wildman–Crippen MR) is 67.6 cm³/mol. The van der Waals surface area contributed by atoms with Gasteiger partial charge < -0.3 is 10.4 Å².